The van der Waals surface area contributed by atoms with Crippen molar-refractivity contribution >= 4 is 35.2 Å². The van der Waals surface area contributed by atoms with E-state index in [0.29, 0.717) is 22.5 Å². The second-order valence-electron chi connectivity index (χ2n) is 5.86. The molecule has 2 amide bonds. The van der Waals surface area contributed by atoms with E-state index in [9.17, 15) is 14.0 Å². The van der Waals surface area contributed by atoms with E-state index in [1.165, 1.54) is 36.0 Å². The molecular weight excluding hydrogens is 417 g/mol. The molecule has 3 aromatic rings. The lowest BCUT2D eigenvalue weighted by atomic mass is 10.2. The summed E-state index contributed by atoms with van der Waals surface area (Å²) in [5.41, 5.74) is 5.71. The number of nitrogens with zero attached hydrogens (tertiary/aromatic N) is 3. The van der Waals surface area contributed by atoms with E-state index in [2.05, 4.69) is 21.0 Å². The van der Waals surface area contributed by atoms with Crippen molar-refractivity contribution in [3.63, 3.8) is 0 Å². The third-order valence-electron chi connectivity index (χ3n) is 3.89. The van der Waals surface area contributed by atoms with Gasteiger partial charge in [-0.3, -0.25) is 20.4 Å². The minimum absolute atomic E-state index is 0.0302. The van der Waals surface area contributed by atoms with Gasteiger partial charge in [0.05, 0.1) is 5.75 Å². The summed E-state index contributed by atoms with van der Waals surface area (Å²) in [5, 5.41) is 9.56. The maximum Gasteiger partial charge on any atom is 0.269 e. The van der Waals surface area contributed by atoms with Crippen LogP contribution in [-0.4, -0.2) is 32.3 Å². The highest BCUT2D eigenvalue weighted by atomic mass is 35.5. The molecule has 1 heterocycles. The van der Waals surface area contributed by atoms with Gasteiger partial charge >= 0.3 is 0 Å². The fraction of sp³-hybridized carbons (Fsp3) is 0.158. The molecule has 0 saturated carbocycles. The third-order valence-corrected chi connectivity index (χ3v) is 5.11. The lowest BCUT2D eigenvalue weighted by Gasteiger charge is -2.09. The minimum Gasteiger partial charge on any atom is -0.302 e. The predicted molar refractivity (Wildman–Crippen MR) is 109 cm³/mol. The number of thioether (sulfide) groups is 1. The Kier molecular flexibility index (Phi) is 6.84. The fourth-order valence-electron chi connectivity index (χ4n) is 2.46. The minimum atomic E-state index is -0.537. The first-order chi connectivity index (χ1) is 14.0. The Labute approximate surface area is 175 Å². The van der Waals surface area contributed by atoms with Crippen LogP contribution in [0, 0.1) is 5.82 Å². The molecule has 0 spiro atoms. The van der Waals surface area contributed by atoms with Gasteiger partial charge in [-0.15, -0.1) is 10.2 Å². The number of carbonyl (C=O) groups excluding carboxylic acids is 2. The average molecular weight is 434 g/mol. The molecule has 2 aromatic carbocycles. The van der Waals surface area contributed by atoms with Gasteiger partial charge in [0.1, 0.15) is 5.82 Å². The largest absolute Gasteiger partial charge is 0.302 e. The monoisotopic (exact) mass is 433 g/mol. The van der Waals surface area contributed by atoms with Gasteiger partial charge < -0.3 is 4.57 Å². The molecule has 0 aliphatic rings. The molecule has 0 saturated heterocycles. The number of aromatic nitrogens is 3. The molecule has 0 bridgehead atoms. The van der Waals surface area contributed by atoms with E-state index >= 15 is 0 Å². The van der Waals surface area contributed by atoms with E-state index in [4.69, 9.17) is 11.6 Å². The molecule has 0 unspecified atom stereocenters. The van der Waals surface area contributed by atoms with Crippen molar-refractivity contribution in [2.45, 2.75) is 18.6 Å². The summed E-state index contributed by atoms with van der Waals surface area (Å²) in [6, 6.07) is 12.2. The van der Waals surface area contributed by atoms with Crippen molar-refractivity contribution in [3.05, 3.63) is 64.9 Å². The first kappa shape index (κ1) is 20.8. The van der Waals surface area contributed by atoms with Crippen LogP contribution in [0.25, 0.3) is 11.4 Å². The number of halogens is 2. The first-order valence-electron chi connectivity index (χ1n) is 8.64. The Morgan fingerprint density at radius 2 is 1.76 bits per heavy atom. The van der Waals surface area contributed by atoms with Gasteiger partial charge in [0.15, 0.2) is 11.0 Å². The number of rotatable bonds is 6. The number of hydrazine groups is 1. The maximum absolute atomic E-state index is 12.9. The van der Waals surface area contributed by atoms with Crippen molar-refractivity contribution in [2.24, 2.45) is 0 Å². The maximum atomic E-state index is 12.9. The summed E-state index contributed by atoms with van der Waals surface area (Å²) in [5.74, 6) is -0.687. The summed E-state index contributed by atoms with van der Waals surface area (Å²) in [6.45, 7) is 2.58. The molecule has 7 nitrogen and oxygen atoms in total. The molecule has 0 fully saturated rings. The van der Waals surface area contributed by atoms with Crippen molar-refractivity contribution < 1.29 is 14.0 Å². The van der Waals surface area contributed by atoms with Crippen LogP contribution in [-0.2, 0) is 11.3 Å². The molecule has 0 radical (unpaired) electrons. The Morgan fingerprint density at radius 3 is 2.41 bits per heavy atom. The summed E-state index contributed by atoms with van der Waals surface area (Å²) < 4.78 is 14.8. The van der Waals surface area contributed by atoms with E-state index < -0.39 is 17.6 Å². The molecule has 29 heavy (non-hydrogen) atoms. The van der Waals surface area contributed by atoms with Crippen LogP contribution in [0.3, 0.4) is 0 Å². The van der Waals surface area contributed by atoms with Gasteiger partial charge in [-0.25, -0.2) is 4.39 Å². The van der Waals surface area contributed by atoms with E-state index in [1.54, 1.807) is 12.1 Å². The zero-order valence-electron chi connectivity index (χ0n) is 15.4. The Morgan fingerprint density at radius 1 is 1.07 bits per heavy atom. The lowest BCUT2D eigenvalue weighted by molar-refractivity contribution is -0.119. The van der Waals surface area contributed by atoms with Crippen LogP contribution in [0.4, 0.5) is 4.39 Å². The van der Waals surface area contributed by atoms with Gasteiger partial charge in [0.25, 0.3) is 5.91 Å². The fourth-order valence-corrected chi connectivity index (χ4v) is 3.39. The molecule has 150 valence electrons. The van der Waals surface area contributed by atoms with Crippen molar-refractivity contribution in [1.29, 1.82) is 0 Å². The van der Waals surface area contributed by atoms with Gasteiger partial charge in [0, 0.05) is 22.7 Å². The van der Waals surface area contributed by atoms with E-state index in [1.807, 2.05) is 23.6 Å². The SMILES string of the molecule is CCn1c(SCC(=O)NNC(=O)c2ccc(F)cc2)nnc1-c1ccc(Cl)cc1. The van der Waals surface area contributed by atoms with Crippen LogP contribution < -0.4 is 10.9 Å². The molecule has 1 aromatic heterocycles. The zero-order chi connectivity index (χ0) is 20.8. The molecule has 0 aliphatic heterocycles. The topological polar surface area (TPSA) is 88.9 Å². The van der Waals surface area contributed by atoms with Crippen LogP contribution in [0.5, 0.6) is 0 Å². The van der Waals surface area contributed by atoms with Gasteiger partial charge in [-0.1, -0.05) is 23.4 Å². The second-order valence-corrected chi connectivity index (χ2v) is 7.23. The van der Waals surface area contributed by atoms with E-state index in [0.717, 1.165) is 5.56 Å². The van der Waals surface area contributed by atoms with Crippen LogP contribution in [0.1, 0.15) is 17.3 Å². The molecule has 2 N–H and O–H groups in total. The quantitative estimate of drug-likeness (QED) is 0.460. The first-order valence-corrected chi connectivity index (χ1v) is 10.0. The van der Waals surface area contributed by atoms with Gasteiger partial charge in [-0.2, -0.15) is 0 Å². The summed E-state index contributed by atoms with van der Waals surface area (Å²) in [4.78, 5) is 24.0. The van der Waals surface area contributed by atoms with Crippen LogP contribution >= 0.6 is 23.4 Å². The third kappa shape index (κ3) is 5.33. The summed E-state index contributed by atoms with van der Waals surface area (Å²) >= 11 is 7.12. The normalized spacial score (nSPS) is 10.6. The number of amides is 2. The summed E-state index contributed by atoms with van der Waals surface area (Å²) in [7, 11) is 0. The van der Waals surface area contributed by atoms with E-state index in [-0.39, 0.29) is 11.3 Å². The summed E-state index contributed by atoms with van der Waals surface area (Å²) in [6.07, 6.45) is 0. The van der Waals surface area contributed by atoms with Gasteiger partial charge in [-0.05, 0) is 55.5 Å². The van der Waals surface area contributed by atoms with Crippen molar-refractivity contribution in [2.75, 3.05) is 5.75 Å². The molecule has 3 rings (SSSR count). The number of carbonyl (C=O) groups is 2. The number of hydrogen-bond acceptors (Lipinski definition) is 5. The van der Waals surface area contributed by atoms with Gasteiger partial charge in [0.2, 0.25) is 5.91 Å². The number of nitrogens with one attached hydrogen (secondary N) is 2. The highest BCUT2D eigenvalue weighted by Gasteiger charge is 2.15. The lowest BCUT2D eigenvalue weighted by Crippen LogP contribution is -2.42. The molecule has 10 heteroatoms. The molecule has 0 aliphatic carbocycles. The van der Waals surface area contributed by atoms with Crippen molar-refractivity contribution in [1.82, 2.24) is 25.6 Å². The Hall–Kier alpha value is -2.91. The smallest absolute Gasteiger partial charge is 0.269 e. The number of benzene rings is 2. The zero-order valence-corrected chi connectivity index (χ0v) is 16.9. The Balaban J connectivity index is 1.56. The highest BCUT2D eigenvalue weighted by Crippen LogP contribution is 2.24. The molecule has 0 atom stereocenters. The predicted octanol–water partition coefficient (Wildman–Crippen LogP) is 3.31. The molecular formula is C19H17ClFN5O2S. The van der Waals surface area contributed by atoms with Crippen molar-refractivity contribution in [3.8, 4) is 11.4 Å². The van der Waals surface area contributed by atoms with Crippen LogP contribution in [0.15, 0.2) is 53.7 Å². The average Bonchev–Trinajstić information content (AvgIpc) is 3.14. The Bertz CT molecular complexity index is 1010. The van der Waals surface area contributed by atoms with Crippen LogP contribution in [0.2, 0.25) is 5.02 Å². The highest BCUT2D eigenvalue weighted by molar-refractivity contribution is 7.99. The standard InChI is InChI=1S/C19H17ClFN5O2S/c1-2-26-17(12-3-7-14(20)8-4-12)23-25-19(26)29-11-16(27)22-24-18(28)13-5-9-15(21)10-6-13/h3-10H,2,11H2,1H3,(H,22,27)(H,24,28). The second kappa shape index (κ2) is 9.53. The number of hydrogen-bond donors (Lipinski definition) is 2.